The van der Waals surface area contributed by atoms with Gasteiger partial charge < -0.3 is 98.9 Å². The molecule has 0 radical (unpaired) electrons. The maximum absolute atomic E-state index is 14.3. The van der Waals surface area contributed by atoms with E-state index in [0.717, 1.165) is 30.3 Å². The lowest BCUT2D eigenvalue weighted by molar-refractivity contribution is -0.319. The van der Waals surface area contributed by atoms with Crippen LogP contribution in [0.4, 0.5) is 0 Å². The van der Waals surface area contributed by atoms with Crippen molar-refractivity contribution in [2.45, 2.75) is 106 Å². The van der Waals surface area contributed by atoms with Crippen LogP contribution >= 0.6 is 0 Å². The number of phenolic OH excluding ortho intramolecular Hbond substituents is 4. The number of rotatable bonds is 11. The molecule has 64 heavy (non-hydrogen) atoms. The van der Waals surface area contributed by atoms with E-state index in [1.54, 1.807) is 0 Å². The fraction of sp³-hybridized carbons (Fsp3) is 0.429. The monoisotopic (exact) mass is 902 g/mol. The molecule has 0 aliphatic carbocycles. The summed E-state index contributed by atoms with van der Waals surface area (Å²) in [6.07, 6.45) is -22.6. The predicted molar refractivity (Wildman–Crippen MR) is 213 cm³/mol. The fourth-order valence-electron chi connectivity index (χ4n) is 7.20. The van der Waals surface area contributed by atoms with Crippen molar-refractivity contribution in [1.29, 1.82) is 0 Å². The third kappa shape index (κ3) is 9.44. The summed E-state index contributed by atoms with van der Waals surface area (Å²) in [6, 6.07) is 10.9. The van der Waals surface area contributed by atoms with Crippen LogP contribution < -0.4 is 14.9 Å². The van der Waals surface area contributed by atoms with Crippen LogP contribution in [0.1, 0.15) is 19.4 Å². The maximum Gasteiger partial charge on any atom is 0.331 e. The molecule has 22 nitrogen and oxygen atoms in total. The zero-order valence-electron chi connectivity index (χ0n) is 33.7. The largest absolute Gasteiger partial charge is 0.508 e. The van der Waals surface area contributed by atoms with Crippen LogP contribution in [0.5, 0.6) is 34.5 Å². The summed E-state index contributed by atoms with van der Waals surface area (Å²) < 4.78 is 45.8. The lowest BCUT2D eigenvalue weighted by Crippen LogP contribution is -2.62. The lowest BCUT2D eigenvalue weighted by Gasteiger charge is -2.43. The van der Waals surface area contributed by atoms with Crippen LogP contribution in [0.2, 0.25) is 0 Å². The standard InChI is InChI=1S/C42H46O22/c1-15-28(48)31(51)34(54)40(58-15)57-14-25-38(63-26(47)10-4-17-3-9-21(44)22(45)11-17)33(53)36(56)42(62-25)64-39-30(50)27-23(46)12-20(60-41-35(55)32(52)29(49)16(2)59-41)13-24(27)61-37(39)18-5-7-19(43)8-6-18/h3-13,15-16,25,28-29,31-36,38,40-46,48-49,51-56H,14H2,1-2H3/b10-4+/t15-,16-,25+,28-,29-,31-,32-,33+,34+,35+,36-,38-,40+,41-,42-/m0/s1. The minimum Gasteiger partial charge on any atom is -0.508 e. The molecule has 7 rings (SSSR count). The Kier molecular flexibility index (Phi) is 13.7. The number of ether oxygens (including phenoxy) is 7. The topological polar surface area (TPSA) is 355 Å². The average molecular weight is 903 g/mol. The summed E-state index contributed by atoms with van der Waals surface area (Å²) in [7, 11) is 0. The lowest BCUT2D eigenvalue weighted by atomic mass is 9.98. The van der Waals surface area contributed by atoms with Gasteiger partial charge in [-0.25, -0.2) is 4.79 Å². The number of benzene rings is 3. The second-order valence-electron chi connectivity index (χ2n) is 15.4. The van der Waals surface area contributed by atoms with Crippen LogP contribution in [-0.4, -0.2) is 166 Å². The average Bonchev–Trinajstić information content (AvgIpc) is 3.26. The van der Waals surface area contributed by atoms with Gasteiger partial charge in [-0.3, -0.25) is 4.79 Å². The molecule has 0 amide bonds. The van der Waals surface area contributed by atoms with E-state index in [2.05, 4.69) is 0 Å². The van der Waals surface area contributed by atoms with Gasteiger partial charge in [0.25, 0.3) is 0 Å². The third-order valence-electron chi connectivity index (χ3n) is 10.9. The highest BCUT2D eigenvalue weighted by Gasteiger charge is 2.50. The van der Waals surface area contributed by atoms with Crippen molar-refractivity contribution >= 4 is 23.0 Å². The highest BCUT2D eigenvalue weighted by atomic mass is 16.7. The van der Waals surface area contributed by atoms with Gasteiger partial charge in [0.2, 0.25) is 23.8 Å². The molecule has 346 valence electrons. The number of hydrogen-bond acceptors (Lipinski definition) is 22. The van der Waals surface area contributed by atoms with Crippen molar-refractivity contribution in [2.75, 3.05) is 6.61 Å². The molecule has 3 aliphatic heterocycles. The first-order valence-electron chi connectivity index (χ1n) is 19.7. The molecule has 22 heteroatoms. The normalized spacial score (nSPS) is 33.2. The van der Waals surface area contributed by atoms with E-state index in [-0.39, 0.29) is 34.0 Å². The number of aliphatic hydroxyl groups is 8. The SMILES string of the molecule is C[C@@H]1O[C@@H](OC[C@H]2O[C@@H](Oc3c(-c4ccc(O)cc4)oc4cc(O[C@@H]5O[C@@H](C)[C@H](O)[C@H](O)[C@H]5O)cc(O)c4c3=O)[C@@H](O)[C@@H](O)[C@H]2OC(=O)/C=C/c2ccc(O)c(O)c2)[C@H](O)[C@@H](O)[C@H]1O. The summed E-state index contributed by atoms with van der Waals surface area (Å²) >= 11 is 0. The number of carbonyl (C=O) groups excluding carboxylic acids is 1. The van der Waals surface area contributed by atoms with E-state index in [4.69, 9.17) is 37.6 Å². The number of fused-ring (bicyclic) bond motifs is 1. The first kappa shape index (κ1) is 46.4. The van der Waals surface area contributed by atoms with Gasteiger partial charge in [-0.15, -0.1) is 0 Å². The van der Waals surface area contributed by atoms with E-state index >= 15 is 0 Å². The van der Waals surface area contributed by atoms with Gasteiger partial charge in [0.1, 0.15) is 83.2 Å². The van der Waals surface area contributed by atoms with Crippen molar-refractivity contribution in [3.8, 4) is 45.8 Å². The Morgan fingerprint density at radius 3 is 1.92 bits per heavy atom. The predicted octanol–water partition coefficient (Wildman–Crippen LogP) is -1.22. The van der Waals surface area contributed by atoms with Gasteiger partial charge in [-0.05, 0) is 61.9 Å². The molecule has 15 atom stereocenters. The van der Waals surface area contributed by atoms with Gasteiger partial charge in [-0.2, -0.15) is 0 Å². The molecule has 12 N–H and O–H groups in total. The molecule has 1 aromatic heterocycles. The Labute approximate surface area is 361 Å². The molecule has 4 heterocycles. The van der Waals surface area contributed by atoms with Gasteiger partial charge in [0, 0.05) is 23.8 Å². The van der Waals surface area contributed by atoms with E-state index in [1.807, 2.05) is 0 Å². The number of carbonyl (C=O) groups is 1. The Balaban J connectivity index is 1.21. The highest BCUT2D eigenvalue weighted by molar-refractivity contribution is 5.89. The van der Waals surface area contributed by atoms with Crippen LogP contribution in [0.15, 0.2) is 69.9 Å². The van der Waals surface area contributed by atoms with E-state index in [1.165, 1.54) is 50.3 Å². The Bertz CT molecular complexity index is 2390. The minimum atomic E-state index is -2.13. The molecule has 4 aromatic rings. The second-order valence-corrected chi connectivity index (χ2v) is 15.4. The first-order chi connectivity index (χ1) is 30.3. The number of aliphatic hydroxyl groups excluding tert-OH is 8. The maximum atomic E-state index is 14.3. The zero-order valence-corrected chi connectivity index (χ0v) is 33.7. The third-order valence-corrected chi connectivity index (χ3v) is 10.9. The van der Waals surface area contributed by atoms with Gasteiger partial charge in [0.05, 0.1) is 18.8 Å². The summed E-state index contributed by atoms with van der Waals surface area (Å²) in [5.41, 5.74) is -1.08. The molecule has 3 fully saturated rings. The van der Waals surface area contributed by atoms with Gasteiger partial charge >= 0.3 is 5.97 Å². The molecule has 3 saturated heterocycles. The van der Waals surface area contributed by atoms with Crippen LogP contribution in [-0.2, 0) is 28.5 Å². The molecule has 3 aromatic carbocycles. The molecule has 0 unspecified atom stereocenters. The number of hydrogen-bond donors (Lipinski definition) is 12. The van der Waals surface area contributed by atoms with Crippen molar-refractivity contribution in [2.24, 2.45) is 0 Å². The van der Waals surface area contributed by atoms with Gasteiger partial charge in [0.15, 0.2) is 29.7 Å². The molecular weight excluding hydrogens is 856 g/mol. The zero-order chi connectivity index (χ0) is 46.3. The summed E-state index contributed by atoms with van der Waals surface area (Å²) in [6.45, 7) is 2.08. The molecule has 0 bridgehead atoms. The number of esters is 1. The van der Waals surface area contributed by atoms with Crippen molar-refractivity contribution < 1.29 is 104 Å². The summed E-state index contributed by atoms with van der Waals surface area (Å²) in [4.78, 5) is 27.4. The molecular formula is C42H46O22. The van der Waals surface area contributed by atoms with E-state index < -0.39 is 139 Å². The van der Waals surface area contributed by atoms with Crippen LogP contribution in [0.25, 0.3) is 28.4 Å². The van der Waals surface area contributed by atoms with E-state index in [0.29, 0.717) is 0 Å². The Hall–Kier alpha value is -5.60. The second kappa shape index (κ2) is 18.9. The van der Waals surface area contributed by atoms with Crippen molar-refractivity contribution in [1.82, 2.24) is 0 Å². The summed E-state index contributed by atoms with van der Waals surface area (Å²) in [5, 5.41) is 125. The molecule has 3 aliphatic rings. The van der Waals surface area contributed by atoms with Crippen molar-refractivity contribution in [3.05, 3.63) is 76.5 Å². The number of phenols is 4. The van der Waals surface area contributed by atoms with E-state index in [9.17, 15) is 70.9 Å². The first-order valence-corrected chi connectivity index (χ1v) is 19.7. The Morgan fingerprint density at radius 2 is 1.27 bits per heavy atom. The molecule has 0 spiro atoms. The van der Waals surface area contributed by atoms with Crippen LogP contribution in [0, 0.1) is 0 Å². The van der Waals surface area contributed by atoms with Crippen molar-refractivity contribution in [3.63, 3.8) is 0 Å². The quantitative estimate of drug-likeness (QED) is 0.0477. The number of aromatic hydroxyl groups is 4. The highest BCUT2D eigenvalue weighted by Crippen LogP contribution is 2.39. The molecule has 0 saturated carbocycles. The van der Waals surface area contributed by atoms with Gasteiger partial charge in [-0.1, -0.05) is 6.07 Å². The van der Waals surface area contributed by atoms with Crippen LogP contribution in [0.3, 0.4) is 0 Å². The smallest absolute Gasteiger partial charge is 0.331 e. The Morgan fingerprint density at radius 1 is 0.656 bits per heavy atom. The minimum absolute atomic E-state index is 0.0826. The summed E-state index contributed by atoms with van der Waals surface area (Å²) in [5.74, 6) is -4.29. The fourth-order valence-corrected chi connectivity index (χ4v) is 7.20.